The van der Waals surface area contributed by atoms with Gasteiger partial charge in [0.25, 0.3) is 0 Å². The van der Waals surface area contributed by atoms with Crippen molar-refractivity contribution in [2.75, 3.05) is 33.3 Å². The second-order valence-corrected chi connectivity index (χ2v) is 9.10. The smallest absolute Gasteiger partial charge is 0.327 e. The number of rotatable bonds is 8. The summed E-state index contributed by atoms with van der Waals surface area (Å²) in [6.45, 7) is 9.73. The van der Waals surface area contributed by atoms with Crippen molar-refractivity contribution in [2.24, 2.45) is 11.8 Å². The van der Waals surface area contributed by atoms with Gasteiger partial charge >= 0.3 is 5.97 Å². The predicted molar refractivity (Wildman–Crippen MR) is 121 cm³/mol. The van der Waals surface area contributed by atoms with Gasteiger partial charge in [-0.05, 0) is 23.5 Å². The number of hydrogen-bond acceptors (Lipinski definition) is 5. The molecule has 2 unspecified atom stereocenters. The Labute approximate surface area is 190 Å². The third-order valence-electron chi connectivity index (χ3n) is 5.46. The highest BCUT2D eigenvalue weighted by Crippen LogP contribution is 2.29. The summed E-state index contributed by atoms with van der Waals surface area (Å²) in [4.78, 5) is 41.7. The minimum Gasteiger partial charge on any atom is -0.468 e. The lowest BCUT2D eigenvalue weighted by Gasteiger charge is -2.40. The standard InChI is InChI=1S/C23H34ClN3O4/c1-15(2)14-19(28)25-20(16(3)4)22(29)27-12-10-26(11-13-27)21(23(30)31-5)17-8-6-7-9-18(17)24/h6-9,15-16,20-21H,10-14H2,1-5H3,(H,25,28). The van der Waals surface area contributed by atoms with Gasteiger partial charge in [0.05, 0.1) is 7.11 Å². The van der Waals surface area contributed by atoms with Gasteiger partial charge in [-0.1, -0.05) is 57.5 Å². The van der Waals surface area contributed by atoms with Gasteiger partial charge < -0.3 is 15.0 Å². The summed E-state index contributed by atoms with van der Waals surface area (Å²) in [5.41, 5.74) is 0.691. The van der Waals surface area contributed by atoms with Gasteiger partial charge in [-0.2, -0.15) is 0 Å². The Balaban J connectivity index is 2.08. The summed E-state index contributed by atoms with van der Waals surface area (Å²) in [6, 6.07) is 6.04. The number of carbonyl (C=O) groups is 3. The van der Waals surface area contributed by atoms with E-state index in [9.17, 15) is 14.4 Å². The van der Waals surface area contributed by atoms with Crippen LogP contribution in [0.3, 0.4) is 0 Å². The molecule has 1 aromatic carbocycles. The fraction of sp³-hybridized carbons (Fsp3) is 0.609. The zero-order valence-corrected chi connectivity index (χ0v) is 19.8. The lowest BCUT2D eigenvalue weighted by Crippen LogP contribution is -2.57. The highest BCUT2D eigenvalue weighted by atomic mass is 35.5. The molecule has 1 aliphatic rings. The number of methoxy groups -OCH3 is 1. The number of carbonyl (C=O) groups excluding carboxylic acids is 3. The quantitative estimate of drug-likeness (QED) is 0.615. The summed E-state index contributed by atoms with van der Waals surface area (Å²) in [7, 11) is 1.36. The van der Waals surface area contributed by atoms with Crippen molar-refractivity contribution in [3.05, 3.63) is 34.9 Å². The van der Waals surface area contributed by atoms with Crippen molar-refractivity contribution in [2.45, 2.75) is 46.2 Å². The van der Waals surface area contributed by atoms with E-state index in [1.54, 1.807) is 11.0 Å². The van der Waals surface area contributed by atoms with Crippen molar-refractivity contribution in [1.82, 2.24) is 15.1 Å². The molecular weight excluding hydrogens is 418 g/mol. The number of hydrogen-bond donors (Lipinski definition) is 1. The third kappa shape index (κ3) is 6.68. The number of halogens is 1. The number of piperazine rings is 1. The van der Waals surface area contributed by atoms with Gasteiger partial charge in [-0.3, -0.25) is 14.5 Å². The number of nitrogens with zero attached hydrogens (tertiary/aromatic N) is 2. The minimum absolute atomic E-state index is 0.0208. The van der Waals surface area contributed by atoms with Crippen molar-refractivity contribution >= 4 is 29.4 Å². The van der Waals surface area contributed by atoms with E-state index in [0.717, 1.165) is 0 Å². The van der Waals surface area contributed by atoms with E-state index in [0.29, 0.717) is 43.2 Å². The Morgan fingerprint density at radius 2 is 1.68 bits per heavy atom. The Hall–Kier alpha value is -2.12. The van der Waals surface area contributed by atoms with E-state index in [2.05, 4.69) is 5.32 Å². The molecule has 172 valence electrons. The SMILES string of the molecule is COC(=O)C(c1ccccc1Cl)N1CCN(C(=O)C(NC(=O)CC(C)C)C(C)C)CC1. The van der Waals surface area contributed by atoms with Crippen molar-refractivity contribution in [3.63, 3.8) is 0 Å². The maximum atomic E-state index is 13.1. The Morgan fingerprint density at radius 1 is 1.06 bits per heavy atom. The molecule has 0 aliphatic carbocycles. The second kappa shape index (κ2) is 11.5. The largest absolute Gasteiger partial charge is 0.468 e. The molecule has 2 rings (SSSR count). The summed E-state index contributed by atoms with van der Waals surface area (Å²) in [5, 5.41) is 3.41. The van der Waals surface area contributed by atoms with E-state index in [-0.39, 0.29) is 29.6 Å². The number of esters is 1. The summed E-state index contributed by atoms with van der Waals surface area (Å²) in [5.74, 6) is -0.364. The van der Waals surface area contributed by atoms with Crippen LogP contribution in [0.2, 0.25) is 5.02 Å². The van der Waals surface area contributed by atoms with Gasteiger partial charge in [0.1, 0.15) is 12.1 Å². The zero-order chi connectivity index (χ0) is 23.1. The molecule has 1 heterocycles. The molecule has 2 amide bonds. The van der Waals surface area contributed by atoms with E-state index >= 15 is 0 Å². The van der Waals surface area contributed by atoms with Crippen LogP contribution >= 0.6 is 11.6 Å². The monoisotopic (exact) mass is 451 g/mol. The molecule has 0 spiro atoms. The van der Waals surface area contributed by atoms with Crippen LogP contribution in [-0.4, -0.2) is 66.9 Å². The van der Waals surface area contributed by atoms with E-state index < -0.39 is 12.1 Å². The fourth-order valence-electron chi connectivity index (χ4n) is 3.80. The molecule has 8 heteroatoms. The molecule has 1 N–H and O–H groups in total. The van der Waals surface area contributed by atoms with E-state index in [4.69, 9.17) is 16.3 Å². The van der Waals surface area contributed by atoms with E-state index in [1.165, 1.54) is 7.11 Å². The van der Waals surface area contributed by atoms with Gasteiger partial charge in [-0.25, -0.2) is 4.79 Å². The molecule has 7 nitrogen and oxygen atoms in total. The first-order chi connectivity index (χ1) is 14.6. The maximum Gasteiger partial charge on any atom is 0.327 e. The van der Waals surface area contributed by atoms with Crippen molar-refractivity contribution < 1.29 is 19.1 Å². The van der Waals surface area contributed by atoms with Crippen LogP contribution in [0.1, 0.15) is 45.7 Å². The summed E-state index contributed by atoms with van der Waals surface area (Å²) < 4.78 is 5.03. The molecular formula is C23H34ClN3O4. The zero-order valence-electron chi connectivity index (χ0n) is 19.1. The second-order valence-electron chi connectivity index (χ2n) is 8.70. The average Bonchev–Trinajstić information content (AvgIpc) is 2.72. The topological polar surface area (TPSA) is 79.0 Å². The Morgan fingerprint density at radius 3 is 2.19 bits per heavy atom. The predicted octanol–water partition coefficient (Wildman–Crippen LogP) is 2.89. The van der Waals surface area contributed by atoms with Crippen molar-refractivity contribution in [3.8, 4) is 0 Å². The summed E-state index contributed by atoms with van der Waals surface area (Å²) >= 11 is 6.34. The van der Waals surface area contributed by atoms with Crippen LogP contribution in [-0.2, 0) is 19.1 Å². The third-order valence-corrected chi connectivity index (χ3v) is 5.80. The summed E-state index contributed by atoms with van der Waals surface area (Å²) in [6.07, 6.45) is 0.392. The van der Waals surface area contributed by atoms with Crippen LogP contribution < -0.4 is 5.32 Å². The number of amides is 2. The first-order valence-electron chi connectivity index (χ1n) is 10.8. The normalized spacial score (nSPS) is 16.8. The van der Waals surface area contributed by atoms with Gasteiger partial charge in [0.15, 0.2) is 0 Å². The Kier molecular flexibility index (Phi) is 9.32. The fourth-order valence-corrected chi connectivity index (χ4v) is 4.03. The number of ether oxygens (including phenoxy) is 1. The van der Waals surface area contributed by atoms with Gasteiger partial charge in [0.2, 0.25) is 11.8 Å². The first-order valence-corrected chi connectivity index (χ1v) is 11.2. The lowest BCUT2D eigenvalue weighted by atomic mass is 10.0. The molecule has 0 saturated carbocycles. The molecule has 0 aromatic heterocycles. The van der Waals surface area contributed by atoms with Gasteiger partial charge in [-0.15, -0.1) is 0 Å². The lowest BCUT2D eigenvalue weighted by molar-refractivity contribution is -0.149. The first kappa shape index (κ1) is 25.1. The van der Waals surface area contributed by atoms with Crippen molar-refractivity contribution in [1.29, 1.82) is 0 Å². The highest BCUT2D eigenvalue weighted by Gasteiger charge is 2.35. The van der Waals surface area contributed by atoms with Crippen LogP contribution in [0.15, 0.2) is 24.3 Å². The van der Waals surface area contributed by atoms with Crippen LogP contribution in [0, 0.1) is 11.8 Å². The van der Waals surface area contributed by atoms with Crippen LogP contribution in [0.25, 0.3) is 0 Å². The number of nitrogens with one attached hydrogen (secondary N) is 1. The number of benzene rings is 1. The van der Waals surface area contributed by atoms with Crippen LogP contribution in [0.4, 0.5) is 0 Å². The maximum absolute atomic E-state index is 13.1. The molecule has 31 heavy (non-hydrogen) atoms. The molecule has 1 saturated heterocycles. The highest BCUT2D eigenvalue weighted by molar-refractivity contribution is 6.31. The molecule has 0 radical (unpaired) electrons. The van der Waals surface area contributed by atoms with Crippen LogP contribution in [0.5, 0.6) is 0 Å². The average molecular weight is 452 g/mol. The molecule has 1 aromatic rings. The van der Waals surface area contributed by atoms with Gasteiger partial charge in [0, 0.05) is 37.6 Å². The Bertz CT molecular complexity index is 776. The molecule has 1 fully saturated rings. The molecule has 0 bridgehead atoms. The minimum atomic E-state index is -0.623. The molecule has 1 aliphatic heterocycles. The van der Waals surface area contributed by atoms with E-state index in [1.807, 2.05) is 50.8 Å². The molecule has 2 atom stereocenters.